The van der Waals surface area contributed by atoms with Crippen LogP contribution >= 0.6 is 0 Å². The Balaban J connectivity index is 2.58. The average Bonchev–Trinajstić information content (AvgIpc) is 2.40. The van der Waals surface area contributed by atoms with Gasteiger partial charge in [0.15, 0.2) is 5.82 Å². The molecule has 0 aliphatic carbocycles. The summed E-state index contributed by atoms with van der Waals surface area (Å²) in [7, 11) is 3.03. The van der Waals surface area contributed by atoms with Crippen LogP contribution in [-0.4, -0.2) is 24.2 Å². The first-order valence-corrected chi connectivity index (χ1v) is 5.15. The SMILES string of the molecule is COc1cc(OC)cc(-c2nc(N)ncc2F)c1. The fourth-order valence-corrected chi connectivity index (χ4v) is 1.53. The van der Waals surface area contributed by atoms with E-state index in [0.717, 1.165) is 6.20 Å². The van der Waals surface area contributed by atoms with E-state index in [1.165, 1.54) is 14.2 Å². The van der Waals surface area contributed by atoms with Crippen LogP contribution in [0.2, 0.25) is 0 Å². The zero-order valence-electron chi connectivity index (χ0n) is 9.98. The van der Waals surface area contributed by atoms with Gasteiger partial charge in [0, 0.05) is 11.6 Å². The molecule has 1 heterocycles. The zero-order valence-corrected chi connectivity index (χ0v) is 9.98. The molecule has 0 radical (unpaired) electrons. The number of nitrogens with zero attached hydrogens (tertiary/aromatic N) is 2. The van der Waals surface area contributed by atoms with Crippen molar-refractivity contribution in [1.82, 2.24) is 9.97 Å². The molecule has 0 fully saturated rings. The third-order valence-electron chi connectivity index (χ3n) is 2.39. The second-order valence-corrected chi connectivity index (χ2v) is 3.53. The minimum atomic E-state index is -0.556. The maximum Gasteiger partial charge on any atom is 0.220 e. The van der Waals surface area contributed by atoms with Crippen LogP contribution in [0.5, 0.6) is 11.5 Å². The first-order valence-electron chi connectivity index (χ1n) is 5.15. The fraction of sp³-hybridized carbons (Fsp3) is 0.167. The maximum absolute atomic E-state index is 13.7. The summed E-state index contributed by atoms with van der Waals surface area (Å²) in [6.45, 7) is 0. The molecule has 0 unspecified atom stereocenters. The highest BCUT2D eigenvalue weighted by Crippen LogP contribution is 2.30. The normalized spacial score (nSPS) is 10.2. The molecule has 94 valence electrons. The van der Waals surface area contributed by atoms with Gasteiger partial charge >= 0.3 is 0 Å². The molecule has 6 heteroatoms. The number of halogens is 1. The number of aromatic nitrogens is 2. The van der Waals surface area contributed by atoms with Gasteiger partial charge in [-0.2, -0.15) is 0 Å². The van der Waals surface area contributed by atoms with E-state index in [1.54, 1.807) is 18.2 Å². The molecule has 0 saturated carbocycles. The maximum atomic E-state index is 13.7. The van der Waals surface area contributed by atoms with E-state index in [-0.39, 0.29) is 11.6 Å². The van der Waals surface area contributed by atoms with E-state index >= 15 is 0 Å². The molecule has 1 aromatic carbocycles. The van der Waals surface area contributed by atoms with Crippen molar-refractivity contribution in [3.05, 3.63) is 30.2 Å². The van der Waals surface area contributed by atoms with E-state index in [4.69, 9.17) is 15.2 Å². The highest BCUT2D eigenvalue weighted by molar-refractivity contribution is 5.65. The van der Waals surface area contributed by atoms with Crippen LogP contribution in [0.15, 0.2) is 24.4 Å². The highest BCUT2D eigenvalue weighted by atomic mass is 19.1. The molecule has 2 aromatic rings. The van der Waals surface area contributed by atoms with E-state index in [1.807, 2.05) is 0 Å². The number of nitrogens with two attached hydrogens (primary N) is 1. The Labute approximate surface area is 103 Å². The minimum absolute atomic E-state index is 0.00758. The third kappa shape index (κ3) is 2.32. The van der Waals surface area contributed by atoms with E-state index < -0.39 is 5.82 Å². The summed E-state index contributed by atoms with van der Waals surface area (Å²) in [4.78, 5) is 7.45. The molecule has 0 atom stereocenters. The highest BCUT2D eigenvalue weighted by Gasteiger charge is 2.11. The van der Waals surface area contributed by atoms with Crippen LogP contribution in [0.25, 0.3) is 11.3 Å². The molecule has 5 nitrogen and oxygen atoms in total. The molecule has 0 amide bonds. The van der Waals surface area contributed by atoms with Crippen molar-refractivity contribution in [2.75, 3.05) is 20.0 Å². The van der Waals surface area contributed by atoms with Crippen LogP contribution in [0.1, 0.15) is 0 Å². The Morgan fingerprint density at radius 3 is 2.28 bits per heavy atom. The molecule has 0 aliphatic heterocycles. The molecule has 18 heavy (non-hydrogen) atoms. The molecule has 1 aromatic heterocycles. The number of nitrogen functional groups attached to an aromatic ring is 1. The van der Waals surface area contributed by atoms with Gasteiger partial charge in [0.1, 0.15) is 17.2 Å². The number of ether oxygens (including phenoxy) is 2. The lowest BCUT2D eigenvalue weighted by molar-refractivity contribution is 0.394. The first-order chi connectivity index (χ1) is 8.63. The van der Waals surface area contributed by atoms with Gasteiger partial charge in [-0.15, -0.1) is 0 Å². The summed E-state index contributed by atoms with van der Waals surface area (Å²) < 4.78 is 23.9. The molecule has 2 N–H and O–H groups in total. The number of anilines is 1. The Kier molecular flexibility index (Phi) is 3.27. The quantitative estimate of drug-likeness (QED) is 0.899. The van der Waals surface area contributed by atoms with E-state index in [0.29, 0.717) is 17.1 Å². The number of rotatable bonds is 3. The van der Waals surface area contributed by atoms with Crippen molar-refractivity contribution < 1.29 is 13.9 Å². The van der Waals surface area contributed by atoms with Crippen molar-refractivity contribution in [1.29, 1.82) is 0 Å². The van der Waals surface area contributed by atoms with Crippen molar-refractivity contribution in [3.63, 3.8) is 0 Å². The van der Waals surface area contributed by atoms with Gasteiger partial charge in [0.05, 0.1) is 20.4 Å². The van der Waals surface area contributed by atoms with Gasteiger partial charge in [-0.1, -0.05) is 0 Å². The molecular formula is C12H12FN3O2. The summed E-state index contributed by atoms with van der Waals surface area (Å²) in [6.07, 6.45) is 1.03. The number of benzene rings is 1. The molecule has 0 saturated heterocycles. The van der Waals surface area contributed by atoms with Crippen molar-refractivity contribution >= 4 is 5.95 Å². The van der Waals surface area contributed by atoms with Gasteiger partial charge in [0.2, 0.25) is 5.95 Å². The fourth-order valence-electron chi connectivity index (χ4n) is 1.53. The number of hydrogen-bond donors (Lipinski definition) is 1. The van der Waals surface area contributed by atoms with Gasteiger partial charge in [-0.25, -0.2) is 14.4 Å². The lowest BCUT2D eigenvalue weighted by atomic mass is 10.1. The zero-order chi connectivity index (χ0) is 13.1. The van der Waals surface area contributed by atoms with Crippen LogP contribution in [0.4, 0.5) is 10.3 Å². The van der Waals surface area contributed by atoms with Gasteiger partial charge in [0.25, 0.3) is 0 Å². The summed E-state index contributed by atoms with van der Waals surface area (Å²) >= 11 is 0. The van der Waals surface area contributed by atoms with Gasteiger partial charge < -0.3 is 15.2 Å². The largest absolute Gasteiger partial charge is 0.497 e. The lowest BCUT2D eigenvalue weighted by Gasteiger charge is -2.08. The van der Waals surface area contributed by atoms with Gasteiger partial charge in [-0.3, -0.25) is 0 Å². The second kappa shape index (κ2) is 4.87. The van der Waals surface area contributed by atoms with Crippen molar-refractivity contribution in [2.24, 2.45) is 0 Å². The Hall–Kier alpha value is -2.37. The molecule has 2 rings (SSSR count). The van der Waals surface area contributed by atoms with Crippen LogP contribution in [0.3, 0.4) is 0 Å². The molecule has 0 spiro atoms. The van der Waals surface area contributed by atoms with Crippen molar-refractivity contribution in [3.8, 4) is 22.8 Å². The third-order valence-corrected chi connectivity index (χ3v) is 2.39. The predicted molar refractivity (Wildman–Crippen MR) is 64.9 cm³/mol. The first kappa shape index (κ1) is 12.1. The Morgan fingerprint density at radius 2 is 1.72 bits per heavy atom. The Morgan fingerprint density at radius 1 is 1.11 bits per heavy atom. The summed E-state index contributed by atoms with van der Waals surface area (Å²) in [5.41, 5.74) is 6.08. The van der Waals surface area contributed by atoms with Crippen molar-refractivity contribution in [2.45, 2.75) is 0 Å². The van der Waals surface area contributed by atoms with Crippen LogP contribution in [-0.2, 0) is 0 Å². The number of hydrogen-bond acceptors (Lipinski definition) is 5. The monoisotopic (exact) mass is 249 g/mol. The molecular weight excluding hydrogens is 237 g/mol. The number of methoxy groups -OCH3 is 2. The Bertz CT molecular complexity index is 553. The predicted octanol–water partition coefficient (Wildman–Crippen LogP) is 1.88. The summed E-state index contributed by atoms with van der Waals surface area (Å²) in [5.74, 6) is 0.537. The lowest BCUT2D eigenvalue weighted by Crippen LogP contribution is -1.99. The van der Waals surface area contributed by atoms with E-state index in [2.05, 4.69) is 9.97 Å². The molecule has 0 bridgehead atoms. The summed E-state index contributed by atoms with van der Waals surface area (Å²) in [5, 5.41) is 0. The molecule has 0 aliphatic rings. The van der Waals surface area contributed by atoms with Crippen LogP contribution < -0.4 is 15.2 Å². The summed E-state index contributed by atoms with van der Waals surface area (Å²) in [6, 6.07) is 4.98. The van der Waals surface area contributed by atoms with Gasteiger partial charge in [-0.05, 0) is 12.1 Å². The topological polar surface area (TPSA) is 70.3 Å². The van der Waals surface area contributed by atoms with E-state index in [9.17, 15) is 4.39 Å². The standard InChI is InChI=1S/C12H12FN3O2/c1-17-8-3-7(4-9(5-8)18-2)11-10(13)6-15-12(14)16-11/h3-6H,1-2H3,(H2,14,15,16). The second-order valence-electron chi connectivity index (χ2n) is 3.53. The smallest absolute Gasteiger partial charge is 0.220 e. The minimum Gasteiger partial charge on any atom is -0.497 e. The average molecular weight is 249 g/mol. The van der Waals surface area contributed by atoms with Crippen LogP contribution in [0, 0.1) is 5.82 Å².